The molecule has 6 nitrogen and oxygen atoms in total. The molecule has 0 radical (unpaired) electrons. The van der Waals surface area contributed by atoms with Crippen molar-refractivity contribution in [3.8, 4) is 0 Å². The number of amides is 2. The van der Waals surface area contributed by atoms with Crippen molar-refractivity contribution < 1.29 is 14.0 Å². The number of carbonyl (C=O) groups is 2. The molecule has 2 N–H and O–H groups in total. The summed E-state index contributed by atoms with van der Waals surface area (Å²) < 4.78 is 12.9. The van der Waals surface area contributed by atoms with Crippen molar-refractivity contribution in [2.75, 3.05) is 5.75 Å². The summed E-state index contributed by atoms with van der Waals surface area (Å²) in [5.41, 5.74) is 1.66. The zero-order valence-corrected chi connectivity index (χ0v) is 15.6. The molecule has 0 saturated heterocycles. The lowest BCUT2D eigenvalue weighted by Crippen LogP contribution is -2.33. The molecule has 1 aromatic heterocycles. The molecule has 0 fully saturated rings. The van der Waals surface area contributed by atoms with Gasteiger partial charge in [-0.15, -0.1) is 5.10 Å². The average molecular weight is 396 g/mol. The lowest BCUT2D eigenvalue weighted by molar-refractivity contribution is -0.128. The molecule has 2 aromatic carbocycles. The highest BCUT2D eigenvalue weighted by atomic mass is 32.2. The van der Waals surface area contributed by atoms with Gasteiger partial charge >= 0.3 is 0 Å². The summed E-state index contributed by atoms with van der Waals surface area (Å²) in [6.45, 7) is 0. The third kappa shape index (κ3) is 6.17. The number of aromatic nitrogens is 3. The van der Waals surface area contributed by atoms with E-state index in [0.29, 0.717) is 11.0 Å². The van der Waals surface area contributed by atoms with Gasteiger partial charge in [0.1, 0.15) is 11.6 Å². The van der Waals surface area contributed by atoms with Crippen molar-refractivity contribution in [2.45, 2.75) is 11.6 Å². The van der Waals surface area contributed by atoms with Crippen LogP contribution in [0.15, 0.2) is 59.8 Å². The maximum Gasteiger partial charge on any atom is 0.237 e. The second-order valence-electron chi connectivity index (χ2n) is 5.81. The van der Waals surface area contributed by atoms with Gasteiger partial charge in [-0.3, -0.25) is 20.0 Å². The van der Waals surface area contributed by atoms with E-state index in [9.17, 15) is 14.0 Å². The number of hydrogen-bond donors (Lipinski definition) is 2. The molecule has 142 valence electrons. The number of nitrogens with one attached hydrogen (secondary N) is 2. The summed E-state index contributed by atoms with van der Waals surface area (Å²) in [4.78, 5) is 28.0. The SMILES string of the molecule is O=C(CSc1n[nH]c(/C=C/c2ccc(F)cc2)n1)NC(=O)Cc1ccccc1. The van der Waals surface area contributed by atoms with E-state index in [-0.39, 0.29) is 23.9 Å². The number of H-pyrrole nitrogens is 1. The Balaban J connectivity index is 1.45. The topological polar surface area (TPSA) is 87.7 Å². The van der Waals surface area contributed by atoms with Crippen molar-refractivity contribution in [3.05, 3.63) is 77.4 Å². The van der Waals surface area contributed by atoms with Gasteiger partial charge in [-0.2, -0.15) is 0 Å². The first-order valence-corrected chi connectivity index (χ1v) is 9.42. The van der Waals surface area contributed by atoms with E-state index in [0.717, 1.165) is 22.9 Å². The maximum absolute atomic E-state index is 12.9. The molecule has 0 atom stereocenters. The number of nitrogens with zero attached hydrogens (tertiary/aromatic N) is 2. The fourth-order valence-electron chi connectivity index (χ4n) is 2.29. The molecule has 2 amide bonds. The predicted octanol–water partition coefficient (Wildman–Crippen LogP) is 3.09. The zero-order valence-electron chi connectivity index (χ0n) is 14.8. The van der Waals surface area contributed by atoms with Gasteiger partial charge in [0.2, 0.25) is 17.0 Å². The van der Waals surface area contributed by atoms with Crippen molar-refractivity contribution in [1.82, 2.24) is 20.5 Å². The minimum absolute atomic E-state index is 0.0273. The van der Waals surface area contributed by atoms with Crippen LogP contribution in [0.25, 0.3) is 12.2 Å². The van der Waals surface area contributed by atoms with Crippen LogP contribution in [-0.2, 0) is 16.0 Å². The van der Waals surface area contributed by atoms with Crippen LogP contribution < -0.4 is 5.32 Å². The molecule has 0 aliphatic rings. The summed E-state index contributed by atoms with van der Waals surface area (Å²) in [6.07, 6.45) is 3.62. The molecule has 28 heavy (non-hydrogen) atoms. The first-order chi connectivity index (χ1) is 13.6. The normalized spacial score (nSPS) is 10.9. The van der Waals surface area contributed by atoms with Gasteiger partial charge in [0.05, 0.1) is 12.2 Å². The van der Waals surface area contributed by atoms with E-state index in [1.165, 1.54) is 12.1 Å². The minimum atomic E-state index is -0.404. The van der Waals surface area contributed by atoms with Crippen LogP contribution in [0.2, 0.25) is 0 Å². The summed E-state index contributed by atoms with van der Waals surface area (Å²) in [5, 5.41) is 9.50. The van der Waals surface area contributed by atoms with Gasteiger partial charge in [0, 0.05) is 0 Å². The standard InChI is InChI=1S/C20H17FN4O2S/c21-16-9-6-14(7-10-16)8-11-17-22-20(25-24-17)28-13-19(27)23-18(26)12-15-4-2-1-3-5-15/h1-11H,12-13H2,(H,22,24,25)(H,23,26,27)/b11-8+. The van der Waals surface area contributed by atoms with Crippen molar-refractivity contribution in [2.24, 2.45) is 0 Å². The van der Waals surface area contributed by atoms with Crippen molar-refractivity contribution in [3.63, 3.8) is 0 Å². The Morgan fingerprint density at radius 3 is 2.54 bits per heavy atom. The fraction of sp³-hybridized carbons (Fsp3) is 0.100. The van der Waals surface area contributed by atoms with Crippen LogP contribution in [0.3, 0.4) is 0 Å². The Bertz CT molecular complexity index is 971. The van der Waals surface area contributed by atoms with Gasteiger partial charge < -0.3 is 0 Å². The fourth-order valence-corrected chi connectivity index (χ4v) is 2.90. The van der Waals surface area contributed by atoms with Gasteiger partial charge in [0.25, 0.3) is 0 Å². The van der Waals surface area contributed by atoms with Gasteiger partial charge in [-0.25, -0.2) is 9.37 Å². The Morgan fingerprint density at radius 2 is 1.79 bits per heavy atom. The molecule has 0 aliphatic carbocycles. The Hall–Kier alpha value is -3.26. The Kier molecular flexibility index (Phi) is 6.69. The lowest BCUT2D eigenvalue weighted by atomic mass is 10.1. The third-order valence-corrected chi connectivity index (χ3v) is 4.45. The molecule has 8 heteroatoms. The maximum atomic E-state index is 12.9. The highest BCUT2D eigenvalue weighted by Crippen LogP contribution is 2.13. The minimum Gasteiger partial charge on any atom is -0.295 e. The summed E-state index contributed by atoms with van der Waals surface area (Å²) in [5.74, 6) is -0.517. The average Bonchev–Trinajstić information content (AvgIpc) is 3.14. The summed E-state index contributed by atoms with van der Waals surface area (Å²) in [6, 6.07) is 15.2. The number of imide groups is 1. The molecule has 0 spiro atoms. The van der Waals surface area contributed by atoms with Crippen LogP contribution in [0, 0.1) is 5.82 Å². The van der Waals surface area contributed by atoms with E-state index in [1.807, 2.05) is 30.3 Å². The van der Waals surface area contributed by atoms with E-state index < -0.39 is 5.91 Å². The number of benzene rings is 2. The second kappa shape index (κ2) is 9.61. The Labute approximate surface area is 165 Å². The van der Waals surface area contributed by atoms with Crippen LogP contribution >= 0.6 is 11.8 Å². The van der Waals surface area contributed by atoms with Gasteiger partial charge in [-0.1, -0.05) is 60.3 Å². The molecule has 1 heterocycles. The van der Waals surface area contributed by atoms with Crippen LogP contribution in [0.4, 0.5) is 4.39 Å². The lowest BCUT2D eigenvalue weighted by Gasteiger charge is -2.03. The molecule has 0 aliphatic heterocycles. The summed E-state index contributed by atoms with van der Waals surface area (Å²) >= 11 is 1.12. The second-order valence-corrected chi connectivity index (χ2v) is 6.75. The van der Waals surface area contributed by atoms with Crippen molar-refractivity contribution in [1.29, 1.82) is 0 Å². The number of hydrogen-bond acceptors (Lipinski definition) is 5. The van der Waals surface area contributed by atoms with E-state index in [1.54, 1.807) is 24.3 Å². The van der Waals surface area contributed by atoms with Crippen LogP contribution in [0.1, 0.15) is 17.0 Å². The number of rotatable bonds is 7. The summed E-state index contributed by atoms with van der Waals surface area (Å²) in [7, 11) is 0. The van der Waals surface area contributed by atoms with Crippen molar-refractivity contribution >= 4 is 35.7 Å². The van der Waals surface area contributed by atoms with Crippen LogP contribution in [-0.4, -0.2) is 32.7 Å². The number of thioether (sulfide) groups is 1. The quantitative estimate of drug-likeness (QED) is 0.599. The highest BCUT2D eigenvalue weighted by molar-refractivity contribution is 7.99. The number of aromatic amines is 1. The molecule has 0 unspecified atom stereocenters. The zero-order chi connectivity index (χ0) is 19.8. The monoisotopic (exact) mass is 396 g/mol. The third-order valence-electron chi connectivity index (χ3n) is 3.60. The molecular formula is C20H17FN4O2S. The number of halogens is 1. The van der Waals surface area contributed by atoms with Gasteiger partial charge in [0.15, 0.2) is 0 Å². The molecule has 0 bridgehead atoms. The molecular weight excluding hydrogens is 379 g/mol. The molecule has 3 rings (SSSR count). The van der Waals surface area contributed by atoms with E-state index >= 15 is 0 Å². The highest BCUT2D eigenvalue weighted by Gasteiger charge is 2.11. The molecule has 3 aromatic rings. The number of carbonyl (C=O) groups excluding carboxylic acids is 2. The predicted molar refractivity (Wildman–Crippen MR) is 106 cm³/mol. The van der Waals surface area contributed by atoms with E-state index in [4.69, 9.17) is 0 Å². The largest absolute Gasteiger partial charge is 0.295 e. The Morgan fingerprint density at radius 1 is 1.04 bits per heavy atom. The van der Waals surface area contributed by atoms with E-state index in [2.05, 4.69) is 20.5 Å². The smallest absolute Gasteiger partial charge is 0.237 e. The molecule has 0 saturated carbocycles. The van der Waals surface area contributed by atoms with Crippen LogP contribution in [0.5, 0.6) is 0 Å². The first kappa shape index (κ1) is 19.5. The first-order valence-electron chi connectivity index (χ1n) is 8.44. The van der Waals surface area contributed by atoms with Gasteiger partial charge in [-0.05, 0) is 29.3 Å².